The van der Waals surface area contributed by atoms with Crippen LogP contribution in [0.3, 0.4) is 0 Å². The maximum atomic E-state index is 12.4. The number of methoxy groups -OCH3 is 1. The van der Waals surface area contributed by atoms with Crippen LogP contribution in [0.4, 0.5) is 0 Å². The van der Waals surface area contributed by atoms with Crippen molar-refractivity contribution in [3.8, 4) is 5.75 Å². The zero-order valence-corrected chi connectivity index (χ0v) is 15.0. The molecule has 0 fully saturated rings. The van der Waals surface area contributed by atoms with Crippen molar-refractivity contribution in [1.82, 2.24) is 5.32 Å². The van der Waals surface area contributed by atoms with E-state index < -0.39 is 0 Å². The molecule has 1 N–H and O–H groups in total. The molecule has 1 atom stereocenters. The zero-order valence-electron chi connectivity index (χ0n) is 15.0. The summed E-state index contributed by atoms with van der Waals surface area (Å²) in [6.07, 6.45) is -0.0992. The Labute approximate surface area is 148 Å². The molecule has 0 spiro atoms. The number of hydrogen-bond acceptors (Lipinski definition) is 4. The Morgan fingerprint density at radius 2 is 1.64 bits per heavy atom. The van der Waals surface area contributed by atoms with E-state index in [9.17, 15) is 4.79 Å². The molecule has 0 saturated heterocycles. The number of carbonyl (C=O) groups is 1. The van der Waals surface area contributed by atoms with E-state index in [0.29, 0.717) is 11.3 Å². The number of nitrogens with one attached hydrogen (secondary N) is 1. The fourth-order valence-electron chi connectivity index (χ4n) is 2.21. The van der Waals surface area contributed by atoms with Crippen LogP contribution in [-0.2, 0) is 4.74 Å². The van der Waals surface area contributed by atoms with Crippen molar-refractivity contribution in [2.45, 2.75) is 32.9 Å². The molecule has 2 aromatic rings. The Kier molecular flexibility index (Phi) is 6.57. The maximum Gasteiger partial charge on any atom is 0.292 e. The fraction of sp³-hybridized carbons (Fsp3) is 0.300. The molecule has 0 aliphatic heterocycles. The van der Waals surface area contributed by atoms with Crippen LogP contribution in [0.15, 0.2) is 59.6 Å². The Morgan fingerprint density at radius 1 is 1.00 bits per heavy atom. The van der Waals surface area contributed by atoms with E-state index in [1.807, 2.05) is 51.1 Å². The number of nitrogens with zero attached hydrogens (tertiary/aromatic N) is 1. The second-order valence-corrected chi connectivity index (χ2v) is 5.87. The first-order chi connectivity index (χ1) is 12.0. The van der Waals surface area contributed by atoms with Crippen LogP contribution in [-0.4, -0.2) is 25.1 Å². The SMILES string of the molecule is COc1ccc(C(=O)NC(=N[C@H](C)c2ccccc2)OC(C)C)cc1. The van der Waals surface area contributed by atoms with Crippen LogP contribution in [0.2, 0.25) is 0 Å². The Bertz CT molecular complexity index is 709. The normalized spacial score (nSPS) is 12.6. The van der Waals surface area contributed by atoms with E-state index in [0.717, 1.165) is 5.56 Å². The van der Waals surface area contributed by atoms with Crippen LogP contribution < -0.4 is 10.1 Å². The number of benzene rings is 2. The van der Waals surface area contributed by atoms with Crippen LogP contribution in [0.5, 0.6) is 5.75 Å². The highest BCUT2D eigenvalue weighted by Gasteiger charge is 2.14. The Hall–Kier alpha value is -2.82. The third kappa shape index (κ3) is 5.64. The average molecular weight is 340 g/mol. The molecule has 0 heterocycles. The molecule has 0 unspecified atom stereocenters. The summed E-state index contributed by atoms with van der Waals surface area (Å²) in [6, 6.07) is 16.8. The number of amides is 1. The summed E-state index contributed by atoms with van der Waals surface area (Å²) in [5.41, 5.74) is 1.55. The van der Waals surface area contributed by atoms with Crippen LogP contribution in [0, 0.1) is 0 Å². The third-order valence-electron chi connectivity index (χ3n) is 3.51. The molecule has 0 aliphatic carbocycles. The van der Waals surface area contributed by atoms with E-state index in [-0.39, 0.29) is 24.1 Å². The predicted octanol–water partition coefficient (Wildman–Crippen LogP) is 3.97. The van der Waals surface area contributed by atoms with Crippen molar-refractivity contribution in [1.29, 1.82) is 0 Å². The van der Waals surface area contributed by atoms with Gasteiger partial charge in [-0.05, 0) is 50.6 Å². The first-order valence-electron chi connectivity index (χ1n) is 8.24. The molecule has 0 aliphatic rings. The van der Waals surface area contributed by atoms with Gasteiger partial charge in [0.15, 0.2) is 0 Å². The van der Waals surface area contributed by atoms with Gasteiger partial charge in [0.05, 0.1) is 19.3 Å². The minimum atomic E-state index is -0.276. The van der Waals surface area contributed by atoms with Gasteiger partial charge in [0.25, 0.3) is 11.9 Å². The smallest absolute Gasteiger partial charge is 0.292 e. The predicted molar refractivity (Wildman–Crippen MR) is 99.0 cm³/mol. The maximum absolute atomic E-state index is 12.4. The first-order valence-corrected chi connectivity index (χ1v) is 8.24. The van der Waals surface area contributed by atoms with Gasteiger partial charge in [-0.1, -0.05) is 30.3 Å². The quantitative estimate of drug-likeness (QED) is 0.662. The molecule has 0 aromatic heterocycles. The summed E-state index contributed by atoms with van der Waals surface area (Å²) >= 11 is 0. The van der Waals surface area contributed by atoms with Crippen molar-refractivity contribution in [2.75, 3.05) is 7.11 Å². The molecule has 2 aromatic carbocycles. The van der Waals surface area contributed by atoms with Crippen LogP contribution in [0.25, 0.3) is 0 Å². The second-order valence-electron chi connectivity index (χ2n) is 5.87. The molecule has 5 heteroatoms. The lowest BCUT2D eigenvalue weighted by Gasteiger charge is -2.16. The van der Waals surface area contributed by atoms with Crippen molar-refractivity contribution >= 4 is 11.9 Å². The number of ether oxygens (including phenoxy) is 2. The summed E-state index contributed by atoms with van der Waals surface area (Å²) in [4.78, 5) is 17.0. The van der Waals surface area contributed by atoms with E-state index in [2.05, 4.69) is 10.3 Å². The van der Waals surface area contributed by atoms with Crippen molar-refractivity contribution < 1.29 is 14.3 Å². The highest BCUT2D eigenvalue weighted by Crippen LogP contribution is 2.16. The molecule has 2 rings (SSSR count). The third-order valence-corrected chi connectivity index (χ3v) is 3.51. The lowest BCUT2D eigenvalue weighted by atomic mass is 10.1. The molecular formula is C20H24N2O3. The van der Waals surface area contributed by atoms with Gasteiger partial charge in [0, 0.05) is 5.56 Å². The van der Waals surface area contributed by atoms with Gasteiger partial charge in [-0.25, -0.2) is 4.99 Å². The molecule has 132 valence electrons. The molecule has 5 nitrogen and oxygen atoms in total. The minimum Gasteiger partial charge on any atom is -0.497 e. The van der Waals surface area contributed by atoms with E-state index in [1.54, 1.807) is 31.4 Å². The molecule has 0 bridgehead atoms. The lowest BCUT2D eigenvalue weighted by molar-refractivity contribution is 0.0959. The number of amidine groups is 1. The topological polar surface area (TPSA) is 59.9 Å². The van der Waals surface area contributed by atoms with E-state index in [4.69, 9.17) is 9.47 Å². The highest BCUT2D eigenvalue weighted by atomic mass is 16.5. The summed E-state index contributed by atoms with van der Waals surface area (Å²) in [7, 11) is 1.58. The average Bonchev–Trinajstić information content (AvgIpc) is 2.61. The summed E-state index contributed by atoms with van der Waals surface area (Å²) in [5.74, 6) is 0.420. The van der Waals surface area contributed by atoms with Crippen molar-refractivity contribution in [3.63, 3.8) is 0 Å². The monoisotopic (exact) mass is 340 g/mol. The van der Waals surface area contributed by atoms with Gasteiger partial charge in [-0.2, -0.15) is 0 Å². The number of hydrogen-bond donors (Lipinski definition) is 1. The zero-order chi connectivity index (χ0) is 18.2. The van der Waals surface area contributed by atoms with Gasteiger partial charge in [0.1, 0.15) is 5.75 Å². The fourth-order valence-corrected chi connectivity index (χ4v) is 2.21. The molecular weight excluding hydrogens is 316 g/mol. The van der Waals surface area contributed by atoms with Gasteiger partial charge >= 0.3 is 0 Å². The lowest BCUT2D eigenvalue weighted by Crippen LogP contribution is -2.34. The van der Waals surface area contributed by atoms with Gasteiger partial charge in [-0.15, -0.1) is 0 Å². The Balaban J connectivity index is 2.16. The summed E-state index contributed by atoms with van der Waals surface area (Å²) in [5, 5.41) is 2.75. The van der Waals surface area contributed by atoms with Gasteiger partial charge in [-0.3, -0.25) is 10.1 Å². The molecule has 25 heavy (non-hydrogen) atoms. The summed E-state index contributed by atoms with van der Waals surface area (Å²) < 4.78 is 10.8. The second kappa shape index (κ2) is 8.87. The van der Waals surface area contributed by atoms with E-state index in [1.165, 1.54) is 0 Å². The van der Waals surface area contributed by atoms with Crippen molar-refractivity contribution in [2.24, 2.45) is 4.99 Å². The summed E-state index contributed by atoms with van der Waals surface area (Å²) in [6.45, 7) is 5.74. The number of rotatable bonds is 5. The highest BCUT2D eigenvalue weighted by molar-refractivity contribution is 6.04. The molecule has 1 amide bonds. The van der Waals surface area contributed by atoms with Crippen LogP contribution >= 0.6 is 0 Å². The number of aliphatic imine (C=N–C) groups is 1. The van der Waals surface area contributed by atoms with Crippen LogP contribution in [0.1, 0.15) is 42.7 Å². The number of carbonyl (C=O) groups excluding carboxylic acids is 1. The standard InChI is InChI=1S/C20H24N2O3/c1-14(2)25-20(21-15(3)16-8-6-5-7-9-16)22-19(23)17-10-12-18(24-4)13-11-17/h5-15H,1-4H3,(H,21,22,23)/t15-/m1/s1. The molecule has 0 saturated carbocycles. The van der Waals surface area contributed by atoms with Gasteiger partial charge in [0.2, 0.25) is 0 Å². The Morgan fingerprint density at radius 3 is 2.20 bits per heavy atom. The first kappa shape index (κ1) is 18.5. The molecule has 0 radical (unpaired) electrons. The van der Waals surface area contributed by atoms with E-state index >= 15 is 0 Å². The minimum absolute atomic E-state index is 0.0992. The van der Waals surface area contributed by atoms with Gasteiger partial charge < -0.3 is 9.47 Å². The van der Waals surface area contributed by atoms with Crippen molar-refractivity contribution in [3.05, 3.63) is 65.7 Å². The largest absolute Gasteiger partial charge is 0.497 e.